The van der Waals surface area contributed by atoms with Gasteiger partial charge in [-0.25, -0.2) is 18.2 Å². The van der Waals surface area contributed by atoms with Gasteiger partial charge in [-0.05, 0) is 31.7 Å². The number of fused-ring (bicyclic) bond motifs is 1. The van der Waals surface area contributed by atoms with Gasteiger partial charge in [0.1, 0.15) is 0 Å². The summed E-state index contributed by atoms with van der Waals surface area (Å²) in [5, 5.41) is 2.83. The maximum absolute atomic E-state index is 12.3. The first-order valence-electron chi connectivity index (χ1n) is 7.71. The Morgan fingerprint density at radius 2 is 2.00 bits per heavy atom. The van der Waals surface area contributed by atoms with Crippen LogP contribution < -0.4 is 10.1 Å². The molecule has 0 radical (unpaired) electrons. The van der Waals surface area contributed by atoms with Crippen molar-refractivity contribution in [3.05, 3.63) is 18.3 Å². The van der Waals surface area contributed by atoms with Crippen molar-refractivity contribution in [1.29, 1.82) is 0 Å². The molecule has 1 aromatic heterocycles. The minimum absolute atomic E-state index is 0.00774. The van der Waals surface area contributed by atoms with E-state index in [1.54, 1.807) is 23.2 Å². The van der Waals surface area contributed by atoms with Gasteiger partial charge in [-0.1, -0.05) is 0 Å². The highest BCUT2D eigenvalue weighted by Gasteiger charge is 2.44. The third-order valence-electron chi connectivity index (χ3n) is 4.14. The van der Waals surface area contributed by atoms with Gasteiger partial charge in [0.2, 0.25) is 5.88 Å². The molecule has 0 unspecified atom stereocenters. The van der Waals surface area contributed by atoms with Crippen LogP contribution in [-0.4, -0.2) is 55.0 Å². The summed E-state index contributed by atoms with van der Waals surface area (Å²) in [6.45, 7) is 4.81. The summed E-state index contributed by atoms with van der Waals surface area (Å²) in [6, 6.07) is 3.17. The number of rotatable bonds is 3. The largest absolute Gasteiger partial charge is 0.475 e. The standard InChI is InChI=1S/C15H21N3O4S/c1-10(2)22-14-5-13(3-4-16-14)17-15(19)18-6-11-8-23(20,21)9-12(11)7-18/h3-5,10-12H,6-9H2,1-2H3,(H,16,17,19)/t11-,12+. The maximum Gasteiger partial charge on any atom is 0.321 e. The predicted molar refractivity (Wildman–Crippen MR) is 86.2 cm³/mol. The number of carbonyl (C=O) groups excluding carboxylic acids is 1. The molecule has 2 aliphatic heterocycles. The number of hydrogen-bond donors (Lipinski definition) is 1. The van der Waals surface area contributed by atoms with Crippen molar-refractivity contribution in [2.75, 3.05) is 29.9 Å². The van der Waals surface area contributed by atoms with Crippen molar-refractivity contribution in [2.45, 2.75) is 20.0 Å². The monoisotopic (exact) mass is 339 g/mol. The van der Waals surface area contributed by atoms with E-state index in [2.05, 4.69) is 10.3 Å². The third kappa shape index (κ3) is 3.74. The van der Waals surface area contributed by atoms with Crippen LogP contribution >= 0.6 is 0 Å². The van der Waals surface area contributed by atoms with Crippen LogP contribution in [0, 0.1) is 11.8 Å². The van der Waals surface area contributed by atoms with Crippen molar-refractivity contribution >= 4 is 21.6 Å². The van der Waals surface area contributed by atoms with E-state index in [-0.39, 0.29) is 35.5 Å². The summed E-state index contributed by atoms with van der Waals surface area (Å²) >= 11 is 0. The molecule has 0 bridgehead atoms. The molecule has 0 aliphatic carbocycles. The lowest BCUT2D eigenvalue weighted by Crippen LogP contribution is -2.34. The quantitative estimate of drug-likeness (QED) is 0.899. The molecule has 8 heteroatoms. The fourth-order valence-corrected chi connectivity index (χ4v) is 5.39. The molecule has 1 N–H and O–H groups in total. The van der Waals surface area contributed by atoms with Gasteiger partial charge in [0, 0.05) is 31.0 Å². The average Bonchev–Trinajstić information content (AvgIpc) is 2.91. The van der Waals surface area contributed by atoms with E-state index < -0.39 is 9.84 Å². The number of amides is 2. The van der Waals surface area contributed by atoms with Crippen molar-refractivity contribution in [1.82, 2.24) is 9.88 Å². The van der Waals surface area contributed by atoms with E-state index in [1.807, 2.05) is 13.8 Å². The molecule has 3 rings (SSSR count). The second-order valence-electron chi connectivity index (χ2n) is 6.48. The Kier molecular flexibility index (Phi) is 4.18. The van der Waals surface area contributed by atoms with Gasteiger partial charge in [-0.3, -0.25) is 0 Å². The van der Waals surface area contributed by atoms with E-state index in [0.29, 0.717) is 24.7 Å². The van der Waals surface area contributed by atoms with Crippen molar-refractivity contribution in [3.8, 4) is 5.88 Å². The van der Waals surface area contributed by atoms with Crippen LogP contribution in [0.3, 0.4) is 0 Å². The summed E-state index contributed by atoms with van der Waals surface area (Å²) in [7, 11) is -2.91. The molecule has 7 nitrogen and oxygen atoms in total. The Morgan fingerprint density at radius 1 is 1.35 bits per heavy atom. The Hall–Kier alpha value is -1.83. The first kappa shape index (κ1) is 16.0. The van der Waals surface area contributed by atoms with Crippen LogP contribution in [0.5, 0.6) is 5.88 Å². The number of urea groups is 1. The molecule has 0 saturated carbocycles. The summed E-state index contributed by atoms with van der Waals surface area (Å²) in [6.07, 6.45) is 1.59. The topological polar surface area (TPSA) is 88.6 Å². The number of pyridine rings is 1. The zero-order chi connectivity index (χ0) is 16.6. The van der Waals surface area contributed by atoms with Crippen molar-refractivity contribution < 1.29 is 17.9 Å². The zero-order valence-corrected chi connectivity index (χ0v) is 14.0. The molecular formula is C15H21N3O4S. The molecule has 2 saturated heterocycles. The lowest BCUT2D eigenvalue weighted by atomic mass is 10.0. The molecule has 126 valence electrons. The highest BCUT2D eigenvalue weighted by atomic mass is 32.2. The summed E-state index contributed by atoms with van der Waals surface area (Å²) in [5.41, 5.74) is 0.616. The predicted octanol–water partition coefficient (Wildman–Crippen LogP) is 1.38. The van der Waals surface area contributed by atoms with Gasteiger partial charge in [0.05, 0.1) is 17.6 Å². The lowest BCUT2D eigenvalue weighted by Gasteiger charge is -2.18. The number of carbonyl (C=O) groups is 1. The molecule has 2 fully saturated rings. The number of nitrogens with zero attached hydrogens (tertiary/aromatic N) is 2. The smallest absolute Gasteiger partial charge is 0.321 e. The number of ether oxygens (including phenoxy) is 1. The molecule has 2 atom stereocenters. The van der Waals surface area contributed by atoms with Gasteiger partial charge in [0.25, 0.3) is 0 Å². The Balaban J connectivity index is 1.60. The normalized spacial score (nSPS) is 25.4. The van der Waals surface area contributed by atoms with E-state index in [4.69, 9.17) is 4.74 Å². The van der Waals surface area contributed by atoms with Crippen molar-refractivity contribution in [3.63, 3.8) is 0 Å². The minimum Gasteiger partial charge on any atom is -0.475 e. The third-order valence-corrected chi connectivity index (χ3v) is 6.01. The number of nitrogens with one attached hydrogen (secondary N) is 1. The van der Waals surface area contributed by atoms with Gasteiger partial charge in [-0.15, -0.1) is 0 Å². The molecule has 3 heterocycles. The van der Waals surface area contributed by atoms with E-state index in [9.17, 15) is 13.2 Å². The number of aromatic nitrogens is 1. The second kappa shape index (κ2) is 5.99. The molecule has 0 aromatic carbocycles. The molecule has 2 aliphatic rings. The van der Waals surface area contributed by atoms with Gasteiger partial charge in [0.15, 0.2) is 9.84 Å². The molecule has 2 amide bonds. The van der Waals surface area contributed by atoms with E-state index in [0.717, 1.165) is 0 Å². The van der Waals surface area contributed by atoms with E-state index >= 15 is 0 Å². The van der Waals surface area contributed by atoms with Crippen LogP contribution in [0.15, 0.2) is 18.3 Å². The minimum atomic E-state index is -2.91. The Morgan fingerprint density at radius 3 is 2.61 bits per heavy atom. The van der Waals surface area contributed by atoms with Crippen LogP contribution in [0.1, 0.15) is 13.8 Å². The molecule has 23 heavy (non-hydrogen) atoms. The highest BCUT2D eigenvalue weighted by molar-refractivity contribution is 7.91. The fourth-order valence-electron chi connectivity index (χ4n) is 3.20. The lowest BCUT2D eigenvalue weighted by molar-refractivity contribution is 0.220. The Bertz CT molecular complexity index is 684. The summed E-state index contributed by atoms with van der Waals surface area (Å²) < 4.78 is 28.7. The Labute approximate surface area is 135 Å². The number of sulfone groups is 1. The SMILES string of the molecule is CC(C)Oc1cc(NC(=O)N2C[C@@H]3CS(=O)(=O)C[C@@H]3C2)ccn1. The average molecular weight is 339 g/mol. The number of anilines is 1. The molecule has 0 spiro atoms. The fraction of sp³-hybridized carbons (Fsp3) is 0.600. The van der Waals surface area contributed by atoms with Crippen LogP contribution in [-0.2, 0) is 9.84 Å². The summed E-state index contributed by atoms with van der Waals surface area (Å²) in [5.74, 6) is 1.000. The second-order valence-corrected chi connectivity index (χ2v) is 8.64. The molecular weight excluding hydrogens is 318 g/mol. The van der Waals surface area contributed by atoms with Crippen LogP contribution in [0.4, 0.5) is 10.5 Å². The summed E-state index contributed by atoms with van der Waals surface area (Å²) in [4.78, 5) is 18.1. The van der Waals surface area contributed by atoms with E-state index in [1.165, 1.54) is 0 Å². The zero-order valence-electron chi connectivity index (χ0n) is 13.2. The van der Waals surface area contributed by atoms with Crippen molar-refractivity contribution in [2.24, 2.45) is 11.8 Å². The van der Waals surface area contributed by atoms with Crippen LogP contribution in [0.2, 0.25) is 0 Å². The maximum atomic E-state index is 12.3. The molecule has 1 aromatic rings. The van der Waals surface area contributed by atoms with Gasteiger partial charge in [-0.2, -0.15) is 0 Å². The number of hydrogen-bond acceptors (Lipinski definition) is 5. The van der Waals surface area contributed by atoms with Crippen LogP contribution in [0.25, 0.3) is 0 Å². The number of likely N-dealkylation sites (tertiary alicyclic amines) is 1. The highest BCUT2D eigenvalue weighted by Crippen LogP contribution is 2.32. The first-order valence-corrected chi connectivity index (χ1v) is 9.53. The van der Waals surface area contributed by atoms with Gasteiger partial charge >= 0.3 is 6.03 Å². The first-order chi connectivity index (χ1) is 10.8. The van der Waals surface area contributed by atoms with Gasteiger partial charge < -0.3 is 15.0 Å².